The van der Waals surface area contributed by atoms with Crippen molar-refractivity contribution in [2.75, 3.05) is 13.2 Å². The monoisotopic (exact) mass is 272 g/mol. The molecular weight excluding hydrogens is 259 g/mol. The fourth-order valence-electron chi connectivity index (χ4n) is 1.14. The van der Waals surface area contributed by atoms with Crippen molar-refractivity contribution in [3.05, 3.63) is 34.3 Å². The zero-order valence-electron chi connectivity index (χ0n) is 8.63. The van der Waals surface area contributed by atoms with Crippen LogP contribution in [0.2, 0.25) is 0 Å². The summed E-state index contributed by atoms with van der Waals surface area (Å²) in [6, 6.07) is 8.02. The normalized spacial score (nSPS) is 9.73. The van der Waals surface area contributed by atoms with Gasteiger partial charge in [0.1, 0.15) is 0 Å². The highest BCUT2D eigenvalue weighted by Gasteiger charge is 1.99. The van der Waals surface area contributed by atoms with Crippen LogP contribution in [0.3, 0.4) is 0 Å². The molecule has 0 saturated carbocycles. The van der Waals surface area contributed by atoms with Crippen molar-refractivity contribution in [1.29, 1.82) is 0 Å². The molecule has 0 radical (unpaired) electrons. The van der Waals surface area contributed by atoms with Crippen LogP contribution in [-0.2, 0) is 11.2 Å². The van der Waals surface area contributed by atoms with Gasteiger partial charge in [0.2, 0.25) is 0 Å². The molecule has 1 aromatic carbocycles. The first-order valence-corrected chi connectivity index (χ1v) is 5.66. The molecule has 4 heteroatoms. The maximum absolute atomic E-state index is 10.9. The standard InChI is InChI=1S/C11H14BrNO2/c1-2-15-11(14)13-8-7-9-3-5-10(12)6-4-9/h3-6H,2,7-8H2,1H3,(H,13,14)/i11+1. The summed E-state index contributed by atoms with van der Waals surface area (Å²) in [6.07, 6.45) is 0.459. The molecule has 0 aliphatic rings. The largest absolute Gasteiger partial charge is 0.450 e. The number of amides is 1. The predicted molar refractivity (Wildman–Crippen MR) is 62.9 cm³/mol. The number of carbonyl (C=O) groups is 1. The van der Waals surface area contributed by atoms with Crippen LogP contribution in [0.4, 0.5) is 4.79 Å². The van der Waals surface area contributed by atoms with E-state index in [9.17, 15) is 4.79 Å². The van der Waals surface area contributed by atoms with Gasteiger partial charge >= 0.3 is 6.09 Å². The first-order chi connectivity index (χ1) is 7.22. The Morgan fingerprint density at radius 2 is 2.07 bits per heavy atom. The number of alkyl carbamates (subject to hydrolysis) is 1. The van der Waals surface area contributed by atoms with Gasteiger partial charge in [-0.2, -0.15) is 0 Å². The SMILES string of the molecule is CCO[13C](=O)NCCc1ccc(Br)cc1. The van der Waals surface area contributed by atoms with Gasteiger partial charge in [-0.15, -0.1) is 0 Å². The third kappa shape index (κ3) is 4.83. The maximum atomic E-state index is 10.9. The third-order valence-corrected chi connectivity index (χ3v) is 2.40. The van der Waals surface area contributed by atoms with Crippen LogP contribution in [0.25, 0.3) is 0 Å². The Hall–Kier alpha value is -1.03. The molecule has 1 N–H and O–H groups in total. The molecule has 0 aliphatic heterocycles. The van der Waals surface area contributed by atoms with Crippen molar-refractivity contribution < 1.29 is 9.53 Å². The van der Waals surface area contributed by atoms with E-state index in [1.54, 1.807) is 6.92 Å². The van der Waals surface area contributed by atoms with Crippen LogP contribution in [0, 0.1) is 0 Å². The fraction of sp³-hybridized carbons (Fsp3) is 0.364. The van der Waals surface area contributed by atoms with Crippen LogP contribution < -0.4 is 5.32 Å². The van der Waals surface area contributed by atoms with Crippen LogP contribution in [-0.4, -0.2) is 19.2 Å². The van der Waals surface area contributed by atoms with E-state index in [1.165, 1.54) is 5.56 Å². The molecule has 0 saturated heterocycles. The fourth-order valence-corrected chi connectivity index (χ4v) is 1.41. The van der Waals surface area contributed by atoms with Crippen LogP contribution >= 0.6 is 15.9 Å². The Kier molecular flexibility index (Phi) is 5.18. The number of benzene rings is 1. The molecule has 1 aromatic rings. The van der Waals surface area contributed by atoms with E-state index in [0.717, 1.165) is 10.9 Å². The van der Waals surface area contributed by atoms with Gasteiger partial charge in [0.05, 0.1) is 6.61 Å². The van der Waals surface area contributed by atoms with Crippen LogP contribution in [0.1, 0.15) is 12.5 Å². The summed E-state index contributed by atoms with van der Waals surface area (Å²) in [5.74, 6) is 0. The molecule has 0 atom stereocenters. The molecule has 0 aliphatic carbocycles. The quantitative estimate of drug-likeness (QED) is 0.856. The minimum absolute atomic E-state index is 0.352. The smallest absolute Gasteiger partial charge is 0.407 e. The van der Waals surface area contributed by atoms with Crippen molar-refractivity contribution in [3.63, 3.8) is 0 Å². The minimum Gasteiger partial charge on any atom is -0.450 e. The van der Waals surface area contributed by atoms with Gasteiger partial charge < -0.3 is 10.1 Å². The highest BCUT2D eigenvalue weighted by Crippen LogP contribution is 2.10. The maximum Gasteiger partial charge on any atom is 0.407 e. The topological polar surface area (TPSA) is 38.3 Å². The van der Waals surface area contributed by atoms with Gasteiger partial charge in [-0.1, -0.05) is 28.1 Å². The first kappa shape index (κ1) is 12.0. The molecule has 1 amide bonds. The second kappa shape index (κ2) is 6.45. The Morgan fingerprint density at radius 1 is 1.40 bits per heavy atom. The van der Waals surface area contributed by atoms with Crippen molar-refractivity contribution in [3.8, 4) is 0 Å². The lowest BCUT2D eigenvalue weighted by molar-refractivity contribution is 0.152. The Balaban J connectivity index is 2.26. The number of ether oxygens (including phenoxy) is 1. The molecule has 3 nitrogen and oxygen atoms in total. The van der Waals surface area contributed by atoms with E-state index < -0.39 is 0 Å². The van der Waals surface area contributed by atoms with Crippen molar-refractivity contribution >= 4 is 22.0 Å². The van der Waals surface area contributed by atoms with Crippen LogP contribution in [0.5, 0.6) is 0 Å². The van der Waals surface area contributed by atoms with Gasteiger partial charge in [0, 0.05) is 11.0 Å². The van der Waals surface area contributed by atoms with Crippen LogP contribution in [0.15, 0.2) is 28.7 Å². The van der Waals surface area contributed by atoms with E-state index in [2.05, 4.69) is 21.2 Å². The summed E-state index contributed by atoms with van der Waals surface area (Å²) in [5, 5.41) is 2.67. The summed E-state index contributed by atoms with van der Waals surface area (Å²) in [4.78, 5) is 10.9. The molecule has 0 fully saturated rings. The number of carbonyl (C=O) groups excluding carboxylic acids is 1. The van der Waals surface area contributed by atoms with Gasteiger partial charge in [-0.05, 0) is 31.0 Å². The predicted octanol–water partition coefficient (Wildman–Crippen LogP) is 2.74. The van der Waals surface area contributed by atoms with E-state index in [-0.39, 0.29) is 6.09 Å². The van der Waals surface area contributed by atoms with Gasteiger partial charge in [-0.3, -0.25) is 0 Å². The molecule has 15 heavy (non-hydrogen) atoms. The zero-order chi connectivity index (χ0) is 11.1. The van der Waals surface area contributed by atoms with Gasteiger partial charge in [0.25, 0.3) is 0 Å². The average molecular weight is 273 g/mol. The highest BCUT2D eigenvalue weighted by atomic mass is 79.9. The zero-order valence-corrected chi connectivity index (χ0v) is 10.2. The second-order valence-electron chi connectivity index (χ2n) is 3.02. The first-order valence-electron chi connectivity index (χ1n) is 4.87. The van der Waals surface area contributed by atoms with Gasteiger partial charge in [0.15, 0.2) is 0 Å². The van der Waals surface area contributed by atoms with E-state index >= 15 is 0 Å². The van der Waals surface area contributed by atoms with E-state index in [4.69, 9.17) is 4.74 Å². The van der Waals surface area contributed by atoms with Crippen molar-refractivity contribution in [1.82, 2.24) is 5.32 Å². The number of hydrogen-bond acceptors (Lipinski definition) is 2. The minimum atomic E-state index is -0.352. The summed E-state index contributed by atoms with van der Waals surface area (Å²) < 4.78 is 5.80. The van der Waals surface area contributed by atoms with Gasteiger partial charge in [-0.25, -0.2) is 4.79 Å². The lowest BCUT2D eigenvalue weighted by Gasteiger charge is -2.05. The molecular formula is C11H14BrNO2. The van der Waals surface area contributed by atoms with E-state index in [0.29, 0.717) is 13.2 Å². The molecule has 82 valence electrons. The highest BCUT2D eigenvalue weighted by molar-refractivity contribution is 9.10. The van der Waals surface area contributed by atoms with Crippen molar-refractivity contribution in [2.24, 2.45) is 0 Å². The number of rotatable bonds is 4. The summed E-state index contributed by atoms with van der Waals surface area (Å²) in [7, 11) is 0. The molecule has 0 bridgehead atoms. The van der Waals surface area contributed by atoms with E-state index in [1.807, 2.05) is 24.3 Å². The second-order valence-corrected chi connectivity index (χ2v) is 3.94. The Labute approximate surface area is 97.9 Å². The lowest BCUT2D eigenvalue weighted by Crippen LogP contribution is -2.26. The number of nitrogens with one attached hydrogen (secondary N) is 1. The average Bonchev–Trinajstić information content (AvgIpc) is 2.21. The molecule has 0 aromatic heterocycles. The summed E-state index contributed by atoms with van der Waals surface area (Å²) >= 11 is 3.37. The number of halogens is 1. The summed E-state index contributed by atoms with van der Waals surface area (Å²) in [6.45, 7) is 2.79. The molecule has 0 spiro atoms. The summed E-state index contributed by atoms with van der Waals surface area (Å²) in [5.41, 5.74) is 1.19. The number of hydrogen-bond donors (Lipinski definition) is 1. The third-order valence-electron chi connectivity index (χ3n) is 1.87. The Morgan fingerprint density at radius 3 is 2.67 bits per heavy atom. The molecule has 0 heterocycles. The lowest BCUT2D eigenvalue weighted by atomic mass is 10.2. The molecule has 1 rings (SSSR count). The van der Waals surface area contributed by atoms with Crippen molar-refractivity contribution in [2.45, 2.75) is 13.3 Å². The molecule has 0 unspecified atom stereocenters. The Bertz CT molecular complexity index is 311.